The molecule has 0 unspecified atom stereocenters. The molecule has 1 N–H and O–H groups in total. The predicted octanol–water partition coefficient (Wildman–Crippen LogP) is 2.63. The zero-order chi connectivity index (χ0) is 17.6. The second-order valence-corrected chi connectivity index (χ2v) is 5.97. The van der Waals surface area contributed by atoms with Gasteiger partial charge in [0.05, 0.1) is 19.8 Å². The largest absolute Gasteiger partial charge is 0.497 e. The van der Waals surface area contributed by atoms with Gasteiger partial charge >= 0.3 is 0 Å². The van der Waals surface area contributed by atoms with Crippen LogP contribution in [0.3, 0.4) is 0 Å². The number of hydrogen-bond donors (Lipinski definition) is 1. The molecule has 6 nitrogen and oxygen atoms in total. The Kier molecular flexibility index (Phi) is 5.38. The van der Waals surface area contributed by atoms with E-state index in [1.54, 1.807) is 25.3 Å². The Morgan fingerprint density at radius 3 is 2.60 bits per heavy atom. The molecule has 0 saturated carbocycles. The number of aromatic nitrogens is 1. The first kappa shape index (κ1) is 17.1. The summed E-state index contributed by atoms with van der Waals surface area (Å²) in [6.45, 7) is 2.56. The van der Waals surface area contributed by atoms with Crippen LogP contribution in [-0.4, -0.2) is 38.2 Å². The van der Waals surface area contributed by atoms with E-state index in [1.807, 2.05) is 18.3 Å². The number of carbonyl (C=O) groups is 1. The lowest BCUT2D eigenvalue weighted by Gasteiger charge is -2.16. The van der Waals surface area contributed by atoms with Crippen LogP contribution in [-0.2, 0) is 6.54 Å². The van der Waals surface area contributed by atoms with E-state index in [9.17, 15) is 4.79 Å². The van der Waals surface area contributed by atoms with E-state index in [2.05, 4.69) is 15.2 Å². The molecule has 1 aliphatic rings. The number of rotatable bonds is 6. The summed E-state index contributed by atoms with van der Waals surface area (Å²) in [6.07, 6.45) is 4.27. The molecule has 132 valence electrons. The summed E-state index contributed by atoms with van der Waals surface area (Å²) in [5.41, 5.74) is 1.44. The molecule has 1 aliphatic heterocycles. The molecule has 1 saturated heterocycles. The standard InChI is InChI=1S/C19H23N3O3/c1-24-15-6-7-16(17(11-15)25-2)19(23)21-13-14-5-8-18(20-12-14)22-9-3-4-10-22/h5-8,11-12H,3-4,9-10,13H2,1-2H3,(H,21,23). The van der Waals surface area contributed by atoms with Crippen molar-refractivity contribution in [3.63, 3.8) is 0 Å². The lowest BCUT2D eigenvalue weighted by atomic mass is 10.1. The molecular formula is C19H23N3O3. The summed E-state index contributed by atoms with van der Waals surface area (Å²) < 4.78 is 10.4. The molecule has 3 rings (SSSR count). The van der Waals surface area contributed by atoms with Gasteiger partial charge in [-0.3, -0.25) is 4.79 Å². The maximum Gasteiger partial charge on any atom is 0.255 e. The molecule has 0 spiro atoms. The van der Waals surface area contributed by atoms with Gasteiger partial charge in [0.1, 0.15) is 17.3 Å². The topological polar surface area (TPSA) is 63.7 Å². The molecule has 1 fully saturated rings. The number of benzene rings is 1. The number of pyridine rings is 1. The van der Waals surface area contributed by atoms with Gasteiger partial charge in [-0.15, -0.1) is 0 Å². The fourth-order valence-electron chi connectivity index (χ4n) is 2.92. The Morgan fingerprint density at radius 1 is 1.16 bits per heavy atom. The van der Waals surface area contributed by atoms with E-state index < -0.39 is 0 Å². The fourth-order valence-corrected chi connectivity index (χ4v) is 2.92. The zero-order valence-corrected chi connectivity index (χ0v) is 14.6. The summed E-state index contributed by atoms with van der Waals surface area (Å²) in [4.78, 5) is 19.2. The highest BCUT2D eigenvalue weighted by Gasteiger charge is 2.14. The summed E-state index contributed by atoms with van der Waals surface area (Å²) in [7, 11) is 3.11. The van der Waals surface area contributed by atoms with Gasteiger partial charge in [-0.25, -0.2) is 4.98 Å². The maximum absolute atomic E-state index is 12.4. The Bertz CT molecular complexity index is 725. The van der Waals surface area contributed by atoms with Gasteiger partial charge in [-0.2, -0.15) is 0 Å². The van der Waals surface area contributed by atoms with Crippen molar-refractivity contribution < 1.29 is 14.3 Å². The van der Waals surface area contributed by atoms with Gasteiger partial charge in [0.25, 0.3) is 5.91 Å². The number of nitrogens with one attached hydrogen (secondary N) is 1. The molecule has 0 aliphatic carbocycles. The molecule has 2 aromatic rings. The second-order valence-electron chi connectivity index (χ2n) is 5.97. The Labute approximate surface area is 147 Å². The number of hydrogen-bond acceptors (Lipinski definition) is 5. The summed E-state index contributed by atoms with van der Waals surface area (Å²) in [6, 6.07) is 9.15. The molecule has 0 radical (unpaired) electrons. The number of carbonyl (C=O) groups excluding carboxylic acids is 1. The van der Waals surface area contributed by atoms with Gasteiger partial charge in [0.15, 0.2) is 0 Å². The van der Waals surface area contributed by atoms with Crippen molar-refractivity contribution in [3.8, 4) is 11.5 Å². The molecule has 1 amide bonds. The SMILES string of the molecule is COc1ccc(C(=O)NCc2ccc(N3CCCC3)nc2)c(OC)c1. The van der Waals surface area contributed by atoms with Crippen LogP contribution >= 0.6 is 0 Å². The third-order valence-corrected chi connectivity index (χ3v) is 4.35. The minimum Gasteiger partial charge on any atom is -0.497 e. The van der Waals surface area contributed by atoms with E-state index in [4.69, 9.17) is 9.47 Å². The number of anilines is 1. The van der Waals surface area contributed by atoms with E-state index in [0.29, 0.717) is 23.6 Å². The fraction of sp³-hybridized carbons (Fsp3) is 0.368. The van der Waals surface area contributed by atoms with Crippen LogP contribution in [0.1, 0.15) is 28.8 Å². The van der Waals surface area contributed by atoms with Crippen LogP contribution in [0.2, 0.25) is 0 Å². The van der Waals surface area contributed by atoms with Crippen LogP contribution in [0, 0.1) is 0 Å². The summed E-state index contributed by atoms with van der Waals surface area (Å²) in [5, 5.41) is 2.90. The Balaban J connectivity index is 1.62. The average molecular weight is 341 g/mol. The van der Waals surface area contributed by atoms with Crippen molar-refractivity contribution in [3.05, 3.63) is 47.7 Å². The van der Waals surface area contributed by atoms with Crippen molar-refractivity contribution in [2.24, 2.45) is 0 Å². The number of methoxy groups -OCH3 is 2. The Hall–Kier alpha value is -2.76. The highest BCUT2D eigenvalue weighted by atomic mass is 16.5. The molecule has 1 aromatic carbocycles. The number of nitrogens with zero attached hydrogens (tertiary/aromatic N) is 2. The van der Waals surface area contributed by atoms with Crippen LogP contribution in [0.25, 0.3) is 0 Å². The molecule has 6 heteroatoms. The van der Waals surface area contributed by atoms with E-state index >= 15 is 0 Å². The lowest BCUT2D eigenvalue weighted by molar-refractivity contribution is 0.0948. The molecular weight excluding hydrogens is 318 g/mol. The minimum absolute atomic E-state index is 0.192. The smallest absolute Gasteiger partial charge is 0.255 e. The van der Waals surface area contributed by atoms with Gasteiger partial charge in [-0.05, 0) is 36.6 Å². The van der Waals surface area contributed by atoms with Crippen LogP contribution in [0.15, 0.2) is 36.5 Å². The van der Waals surface area contributed by atoms with Gasteiger partial charge in [-0.1, -0.05) is 6.07 Å². The monoisotopic (exact) mass is 341 g/mol. The summed E-state index contributed by atoms with van der Waals surface area (Å²) >= 11 is 0. The van der Waals surface area contributed by atoms with Crippen LogP contribution in [0.5, 0.6) is 11.5 Å². The van der Waals surface area contributed by atoms with E-state index in [-0.39, 0.29) is 5.91 Å². The van der Waals surface area contributed by atoms with Crippen molar-refractivity contribution in [1.82, 2.24) is 10.3 Å². The molecule has 25 heavy (non-hydrogen) atoms. The Morgan fingerprint density at radius 2 is 1.96 bits per heavy atom. The zero-order valence-electron chi connectivity index (χ0n) is 14.6. The van der Waals surface area contributed by atoms with Crippen LogP contribution in [0.4, 0.5) is 5.82 Å². The van der Waals surface area contributed by atoms with Crippen molar-refractivity contribution in [1.29, 1.82) is 0 Å². The normalized spacial score (nSPS) is 13.6. The number of amides is 1. The van der Waals surface area contributed by atoms with Crippen LogP contribution < -0.4 is 19.7 Å². The first-order chi connectivity index (χ1) is 12.2. The first-order valence-corrected chi connectivity index (χ1v) is 8.41. The predicted molar refractivity (Wildman–Crippen MR) is 96.4 cm³/mol. The van der Waals surface area contributed by atoms with Crippen molar-refractivity contribution in [2.75, 3.05) is 32.2 Å². The maximum atomic E-state index is 12.4. The molecule has 1 aromatic heterocycles. The van der Waals surface area contributed by atoms with E-state index in [1.165, 1.54) is 20.0 Å². The highest BCUT2D eigenvalue weighted by Crippen LogP contribution is 2.24. The van der Waals surface area contributed by atoms with Gasteiger partial charge in [0.2, 0.25) is 0 Å². The first-order valence-electron chi connectivity index (χ1n) is 8.41. The number of ether oxygens (including phenoxy) is 2. The van der Waals surface area contributed by atoms with E-state index in [0.717, 1.165) is 24.5 Å². The third kappa shape index (κ3) is 4.02. The molecule has 0 atom stereocenters. The van der Waals surface area contributed by atoms with Crippen molar-refractivity contribution >= 4 is 11.7 Å². The highest BCUT2D eigenvalue weighted by molar-refractivity contribution is 5.97. The lowest BCUT2D eigenvalue weighted by Crippen LogP contribution is -2.24. The average Bonchev–Trinajstić information content (AvgIpc) is 3.20. The quantitative estimate of drug-likeness (QED) is 0.875. The second kappa shape index (κ2) is 7.88. The summed E-state index contributed by atoms with van der Waals surface area (Å²) in [5.74, 6) is 1.95. The molecule has 2 heterocycles. The van der Waals surface area contributed by atoms with Gasteiger partial charge < -0.3 is 19.7 Å². The third-order valence-electron chi connectivity index (χ3n) is 4.35. The minimum atomic E-state index is -0.192. The molecule has 0 bridgehead atoms. The van der Waals surface area contributed by atoms with Gasteiger partial charge in [0, 0.05) is 31.9 Å². The van der Waals surface area contributed by atoms with Crippen molar-refractivity contribution in [2.45, 2.75) is 19.4 Å².